The first-order valence-corrected chi connectivity index (χ1v) is 9.68. The second-order valence-corrected chi connectivity index (χ2v) is 7.59. The Morgan fingerprint density at radius 3 is 2.50 bits per heavy atom. The maximum atomic E-state index is 14.2. The SMILES string of the molecule is CCC(NC(=O)CN1C(=O)NC(C)(c2cc(F)ccc2F)C1=O)c1ccc(Cl)cc1. The van der Waals surface area contributed by atoms with Gasteiger partial charge in [-0.1, -0.05) is 30.7 Å². The summed E-state index contributed by atoms with van der Waals surface area (Å²) in [7, 11) is 0. The molecule has 1 heterocycles. The number of imide groups is 1. The zero-order chi connectivity index (χ0) is 22.1. The number of hydrogen-bond donors (Lipinski definition) is 2. The summed E-state index contributed by atoms with van der Waals surface area (Å²) in [5.41, 5.74) is -1.31. The Labute approximate surface area is 177 Å². The van der Waals surface area contributed by atoms with E-state index in [4.69, 9.17) is 11.6 Å². The molecule has 1 aliphatic rings. The molecule has 0 radical (unpaired) electrons. The van der Waals surface area contributed by atoms with E-state index in [9.17, 15) is 23.2 Å². The molecule has 158 valence electrons. The number of halogens is 3. The third-order valence-electron chi connectivity index (χ3n) is 5.06. The highest BCUT2D eigenvalue weighted by atomic mass is 35.5. The van der Waals surface area contributed by atoms with Crippen LogP contribution < -0.4 is 10.6 Å². The highest BCUT2D eigenvalue weighted by molar-refractivity contribution is 6.30. The second-order valence-electron chi connectivity index (χ2n) is 7.15. The number of nitrogens with zero attached hydrogens (tertiary/aromatic N) is 1. The van der Waals surface area contributed by atoms with Gasteiger partial charge in [0.2, 0.25) is 5.91 Å². The van der Waals surface area contributed by atoms with Crippen LogP contribution in [0.15, 0.2) is 42.5 Å². The highest BCUT2D eigenvalue weighted by Crippen LogP contribution is 2.31. The van der Waals surface area contributed by atoms with E-state index >= 15 is 0 Å². The fraction of sp³-hybridized carbons (Fsp3) is 0.286. The molecule has 1 fully saturated rings. The van der Waals surface area contributed by atoms with Crippen molar-refractivity contribution in [1.82, 2.24) is 15.5 Å². The molecule has 0 bridgehead atoms. The molecule has 30 heavy (non-hydrogen) atoms. The number of rotatable bonds is 6. The van der Waals surface area contributed by atoms with Crippen molar-refractivity contribution in [2.75, 3.05) is 6.54 Å². The van der Waals surface area contributed by atoms with Gasteiger partial charge < -0.3 is 10.6 Å². The van der Waals surface area contributed by atoms with Gasteiger partial charge in [0.05, 0.1) is 6.04 Å². The van der Waals surface area contributed by atoms with E-state index in [1.54, 1.807) is 24.3 Å². The van der Waals surface area contributed by atoms with Gasteiger partial charge in [-0.15, -0.1) is 0 Å². The van der Waals surface area contributed by atoms with Crippen molar-refractivity contribution in [2.45, 2.75) is 31.8 Å². The van der Waals surface area contributed by atoms with Crippen molar-refractivity contribution < 1.29 is 23.2 Å². The topological polar surface area (TPSA) is 78.5 Å². The Morgan fingerprint density at radius 1 is 1.20 bits per heavy atom. The van der Waals surface area contributed by atoms with Crippen LogP contribution >= 0.6 is 11.6 Å². The Bertz CT molecular complexity index is 999. The zero-order valence-electron chi connectivity index (χ0n) is 16.3. The molecule has 0 spiro atoms. The number of benzene rings is 2. The van der Waals surface area contributed by atoms with Crippen molar-refractivity contribution in [3.05, 3.63) is 70.2 Å². The van der Waals surface area contributed by atoms with Gasteiger partial charge in [0, 0.05) is 10.6 Å². The molecule has 3 rings (SSSR count). The Morgan fingerprint density at radius 2 is 1.87 bits per heavy atom. The summed E-state index contributed by atoms with van der Waals surface area (Å²) in [5.74, 6) is -3.00. The van der Waals surface area contributed by atoms with Crippen molar-refractivity contribution in [3.8, 4) is 0 Å². The van der Waals surface area contributed by atoms with Crippen LogP contribution in [0.3, 0.4) is 0 Å². The summed E-state index contributed by atoms with van der Waals surface area (Å²) in [6.45, 7) is 2.59. The van der Waals surface area contributed by atoms with Crippen LogP contribution in [0.1, 0.15) is 37.4 Å². The average molecular weight is 436 g/mol. The first-order chi connectivity index (χ1) is 14.2. The van der Waals surface area contributed by atoms with Crippen LogP contribution in [-0.2, 0) is 15.1 Å². The molecule has 0 aliphatic carbocycles. The Kier molecular flexibility index (Phi) is 6.07. The molecule has 1 aliphatic heterocycles. The van der Waals surface area contributed by atoms with Crippen LogP contribution in [0, 0.1) is 11.6 Å². The standard InChI is InChI=1S/C21H20ClF2N3O3/c1-3-17(12-4-6-13(22)7-5-12)25-18(28)11-27-19(29)21(2,26-20(27)30)15-10-14(23)8-9-16(15)24/h4-10,17H,3,11H2,1-2H3,(H,25,28)(H,26,30). The fourth-order valence-corrected chi connectivity index (χ4v) is 3.53. The minimum atomic E-state index is -1.82. The van der Waals surface area contributed by atoms with Crippen LogP contribution in [0.5, 0.6) is 0 Å². The molecule has 2 atom stereocenters. The maximum absolute atomic E-state index is 14.2. The van der Waals surface area contributed by atoms with Crippen LogP contribution in [0.25, 0.3) is 0 Å². The zero-order valence-corrected chi connectivity index (χ0v) is 17.1. The lowest BCUT2D eigenvalue weighted by molar-refractivity contribution is -0.135. The molecule has 2 aromatic rings. The van der Waals surface area contributed by atoms with Gasteiger partial charge in [0.1, 0.15) is 23.7 Å². The van der Waals surface area contributed by atoms with E-state index in [1.807, 2.05) is 6.92 Å². The molecule has 0 aromatic heterocycles. The number of carbonyl (C=O) groups is 3. The summed E-state index contributed by atoms with van der Waals surface area (Å²) < 4.78 is 27.8. The van der Waals surface area contributed by atoms with Crippen LogP contribution in [0.2, 0.25) is 5.02 Å². The Balaban J connectivity index is 1.75. The van der Waals surface area contributed by atoms with Crippen molar-refractivity contribution in [1.29, 1.82) is 0 Å². The molecule has 9 heteroatoms. The average Bonchev–Trinajstić information content (AvgIpc) is 2.92. The Hall–Kier alpha value is -3.00. The van der Waals surface area contributed by atoms with Crippen LogP contribution in [0.4, 0.5) is 13.6 Å². The van der Waals surface area contributed by atoms with Gasteiger partial charge in [-0.25, -0.2) is 13.6 Å². The number of urea groups is 1. The van der Waals surface area contributed by atoms with Gasteiger partial charge >= 0.3 is 6.03 Å². The summed E-state index contributed by atoms with van der Waals surface area (Å²) >= 11 is 5.88. The van der Waals surface area contributed by atoms with E-state index in [-0.39, 0.29) is 11.6 Å². The van der Waals surface area contributed by atoms with Gasteiger partial charge in [-0.2, -0.15) is 0 Å². The molecular weight excluding hydrogens is 416 g/mol. The minimum absolute atomic E-state index is 0.309. The smallest absolute Gasteiger partial charge is 0.325 e. The first-order valence-electron chi connectivity index (χ1n) is 9.30. The summed E-state index contributed by atoms with van der Waals surface area (Å²) in [4.78, 5) is 38.4. The lowest BCUT2D eigenvalue weighted by Gasteiger charge is -2.23. The fourth-order valence-electron chi connectivity index (χ4n) is 3.40. The number of nitrogens with one attached hydrogen (secondary N) is 2. The summed E-state index contributed by atoms with van der Waals surface area (Å²) in [6, 6.07) is 8.37. The van der Waals surface area contributed by atoms with Gasteiger partial charge in [0.15, 0.2) is 0 Å². The van der Waals surface area contributed by atoms with Gasteiger partial charge in [-0.05, 0) is 49.2 Å². The summed E-state index contributed by atoms with van der Waals surface area (Å²) in [5, 5.41) is 5.69. The summed E-state index contributed by atoms with van der Waals surface area (Å²) in [6.07, 6.45) is 0.569. The molecule has 0 saturated carbocycles. The third-order valence-corrected chi connectivity index (χ3v) is 5.31. The molecule has 2 unspecified atom stereocenters. The molecule has 6 nitrogen and oxygen atoms in total. The number of carbonyl (C=O) groups excluding carboxylic acids is 3. The largest absolute Gasteiger partial charge is 0.348 e. The number of amides is 4. The first kappa shape index (κ1) is 21.7. The van der Waals surface area contributed by atoms with E-state index in [2.05, 4.69) is 10.6 Å². The minimum Gasteiger partial charge on any atom is -0.348 e. The van der Waals surface area contributed by atoms with Crippen molar-refractivity contribution >= 4 is 29.4 Å². The third kappa shape index (κ3) is 4.14. The number of hydrogen-bond acceptors (Lipinski definition) is 3. The van der Waals surface area contributed by atoms with E-state index in [1.165, 1.54) is 6.92 Å². The molecule has 2 N–H and O–H groups in total. The van der Waals surface area contributed by atoms with Crippen molar-refractivity contribution in [3.63, 3.8) is 0 Å². The van der Waals surface area contributed by atoms with E-state index in [0.717, 1.165) is 23.8 Å². The predicted molar refractivity (Wildman–Crippen MR) is 107 cm³/mol. The molecule has 1 saturated heterocycles. The molecule has 4 amide bonds. The van der Waals surface area contributed by atoms with Crippen molar-refractivity contribution in [2.24, 2.45) is 0 Å². The lowest BCUT2D eigenvalue weighted by atomic mass is 9.91. The maximum Gasteiger partial charge on any atom is 0.325 e. The molecular formula is C21H20ClF2N3O3. The quantitative estimate of drug-likeness (QED) is 0.680. The predicted octanol–water partition coefficient (Wildman–Crippen LogP) is 3.65. The normalized spacial score (nSPS) is 19.6. The van der Waals surface area contributed by atoms with Gasteiger partial charge in [-0.3, -0.25) is 14.5 Å². The second kappa shape index (κ2) is 8.39. The van der Waals surface area contributed by atoms with Crippen LogP contribution in [-0.4, -0.2) is 29.3 Å². The lowest BCUT2D eigenvalue weighted by Crippen LogP contribution is -2.44. The monoisotopic (exact) mass is 435 g/mol. The van der Waals surface area contributed by atoms with E-state index in [0.29, 0.717) is 16.3 Å². The van der Waals surface area contributed by atoms with Gasteiger partial charge in [0.25, 0.3) is 5.91 Å². The highest BCUT2D eigenvalue weighted by Gasteiger charge is 2.50. The molecule has 2 aromatic carbocycles. The van der Waals surface area contributed by atoms with E-state index < -0.39 is 41.6 Å².